The molecule has 0 bridgehead atoms. The molecule has 0 aliphatic carbocycles. The Bertz CT molecular complexity index is 728. The standard InChI is InChI=1S/C20H22N2O3/c23-19(12-16-3-1-9-21-13-16)22-10-2-4-17(14-22)11-15-5-7-18(8-6-15)20(24)25/h1,3,5-9,13,17H,2,4,10-12,14H2,(H,24,25)/t17-/m1/s1. The van der Waals surface area contributed by atoms with Gasteiger partial charge in [-0.15, -0.1) is 0 Å². The Morgan fingerprint density at radius 1 is 1.16 bits per heavy atom. The SMILES string of the molecule is O=C(O)c1ccc(C[C@H]2CCCN(C(=O)Cc3cccnc3)C2)cc1. The van der Waals surface area contributed by atoms with Gasteiger partial charge in [-0.25, -0.2) is 4.79 Å². The minimum absolute atomic E-state index is 0.152. The van der Waals surface area contributed by atoms with Crippen LogP contribution in [0.4, 0.5) is 0 Å². The third-order valence-corrected chi connectivity index (χ3v) is 4.68. The molecule has 1 N–H and O–H groups in total. The lowest BCUT2D eigenvalue weighted by molar-refractivity contribution is -0.132. The Morgan fingerprint density at radius 2 is 1.96 bits per heavy atom. The highest BCUT2D eigenvalue weighted by atomic mass is 16.4. The van der Waals surface area contributed by atoms with Crippen molar-refractivity contribution in [1.82, 2.24) is 9.88 Å². The summed E-state index contributed by atoms with van der Waals surface area (Å²) in [6, 6.07) is 10.8. The van der Waals surface area contributed by atoms with Crippen LogP contribution in [0.2, 0.25) is 0 Å². The monoisotopic (exact) mass is 338 g/mol. The zero-order valence-electron chi connectivity index (χ0n) is 14.1. The molecule has 2 heterocycles. The summed E-state index contributed by atoms with van der Waals surface area (Å²) in [6.45, 7) is 1.58. The molecule has 130 valence electrons. The summed E-state index contributed by atoms with van der Waals surface area (Å²) < 4.78 is 0. The Morgan fingerprint density at radius 3 is 2.64 bits per heavy atom. The van der Waals surface area contributed by atoms with E-state index in [1.54, 1.807) is 24.5 Å². The van der Waals surface area contributed by atoms with Crippen molar-refractivity contribution in [2.24, 2.45) is 5.92 Å². The zero-order valence-corrected chi connectivity index (χ0v) is 14.1. The van der Waals surface area contributed by atoms with Gasteiger partial charge in [-0.2, -0.15) is 0 Å². The minimum atomic E-state index is -0.906. The van der Waals surface area contributed by atoms with Crippen molar-refractivity contribution in [3.05, 3.63) is 65.5 Å². The lowest BCUT2D eigenvalue weighted by atomic mass is 9.90. The molecule has 1 aliphatic rings. The maximum absolute atomic E-state index is 12.5. The highest BCUT2D eigenvalue weighted by Crippen LogP contribution is 2.22. The van der Waals surface area contributed by atoms with Crippen LogP contribution < -0.4 is 0 Å². The second kappa shape index (κ2) is 7.92. The molecular formula is C20H22N2O3. The first-order valence-electron chi connectivity index (χ1n) is 8.61. The molecular weight excluding hydrogens is 316 g/mol. The third kappa shape index (κ3) is 4.66. The van der Waals surface area contributed by atoms with E-state index in [0.29, 0.717) is 17.9 Å². The summed E-state index contributed by atoms with van der Waals surface area (Å²) in [4.78, 5) is 29.5. The van der Waals surface area contributed by atoms with Gasteiger partial charge >= 0.3 is 5.97 Å². The predicted molar refractivity (Wildman–Crippen MR) is 94.4 cm³/mol. The van der Waals surface area contributed by atoms with Gasteiger partial charge in [0.25, 0.3) is 0 Å². The first kappa shape index (κ1) is 17.1. The largest absolute Gasteiger partial charge is 0.478 e. The molecule has 0 spiro atoms. The summed E-state index contributed by atoms with van der Waals surface area (Å²) in [5.74, 6) is -0.336. The number of aromatic nitrogens is 1. The average molecular weight is 338 g/mol. The van der Waals surface area contributed by atoms with Crippen molar-refractivity contribution in [3.8, 4) is 0 Å². The van der Waals surface area contributed by atoms with Crippen LogP contribution in [0.3, 0.4) is 0 Å². The van der Waals surface area contributed by atoms with Gasteiger partial charge in [0.1, 0.15) is 0 Å². The van der Waals surface area contributed by atoms with Crippen LogP contribution in [0.1, 0.15) is 34.3 Å². The van der Waals surface area contributed by atoms with Crippen LogP contribution in [0.25, 0.3) is 0 Å². The maximum atomic E-state index is 12.5. The fourth-order valence-electron chi connectivity index (χ4n) is 3.36. The van der Waals surface area contributed by atoms with E-state index < -0.39 is 5.97 Å². The third-order valence-electron chi connectivity index (χ3n) is 4.68. The molecule has 1 atom stereocenters. The van der Waals surface area contributed by atoms with Crippen molar-refractivity contribution in [2.45, 2.75) is 25.7 Å². The number of aromatic carboxylic acids is 1. The van der Waals surface area contributed by atoms with Crippen LogP contribution in [0.15, 0.2) is 48.8 Å². The number of piperidine rings is 1. The van der Waals surface area contributed by atoms with E-state index in [2.05, 4.69) is 4.98 Å². The summed E-state index contributed by atoms with van der Waals surface area (Å²) in [5.41, 5.74) is 2.37. The number of nitrogens with zero attached hydrogens (tertiary/aromatic N) is 2. The molecule has 1 amide bonds. The van der Waals surface area contributed by atoms with E-state index in [4.69, 9.17) is 5.11 Å². The molecule has 25 heavy (non-hydrogen) atoms. The van der Waals surface area contributed by atoms with Gasteiger partial charge < -0.3 is 10.0 Å². The van der Waals surface area contributed by atoms with E-state index in [1.165, 1.54) is 0 Å². The van der Waals surface area contributed by atoms with Crippen LogP contribution in [0, 0.1) is 5.92 Å². The Kier molecular flexibility index (Phi) is 5.43. The molecule has 1 fully saturated rings. The van der Waals surface area contributed by atoms with Crippen LogP contribution in [0.5, 0.6) is 0 Å². The van der Waals surface area contributed by atoms with Gasteiger partial charge in [-0.3, -0.25) is 9.78 Å². The van der Waals surface area contributed by atoms with Gasteiger partial charge in [0, 0.05) is 25.5 Å². The number of hydrogen-bond acceptors (Lipinski definition) is 3. The molecule has 5 heteroatoms. The van der Waals surface area contributed by atoms with Gasteiger partial charge in [0.15, 0.2) is 0 Å². The smallest absolute Gasteiger partial charge is 0.335 e. The van der Waals surface area contributed by atoms with Crippen molar-refractivity contribution in [2.75, 3.05) is 13.1 Å². The summed E-state index contributed by atoms with van der Waals surface area (Å²) in [7, 11) is 0. The number of benzene rings is 1. The number of likely N-dealkylation sites (tertiary alicyclic amines) is 1. The highest BCUT2D eigenvalue weighted by Gasteiger charge is 2.24. The molecule has 0 saturated carbocycles. The number of carbonyl (C=O) groups is 2. The number of carbonyl (C=O) groups excluding carboxylic acids is 1. The van der Waals surface area contributed by atoms with Gasteiger partial charge in [-0.05, 0) is 54.5 Å². The van der Waals surface area contributed by atoms with Gasteiger partial charge in [0.2, 0.25) is 5.91 Å². The fourth-order valence-corrected chi connectivity index (χ4v) is 3.36. The molecule has 1 aromatic carbocycles. The van der Waals surface area contributed by atoms with Crippen LogP contribution in [-0.2, 0) is 17.6 Å². The topological polar surface area (TPSA) is 70.5 Å². The highest BCUT2D eigenvalue weighted by molar-refractivity contribution is 5.87. The molecule has 1 saturated heterocycles. The minimum Gasteiger partial charge on any atom is -0.478 e. The summed E-state index contributed by atoms with van der Waals surface area (Å²) >= 11 is 0. The molecule has 0 radical (unpaired) electrons. The average Bonchev–Trinajstić information content (AvgIpc) is 2.63. The van der Waals surface area contributed by atoms with E-state index in [9.17, 15) is 9.59 Å². The molecule has 1 aromatic heterocycles. The maximum Gasteiger partial charge on any atom is 0.335 e. The summed E-state index contributed by atoms with van der Waals surface area (Å²) in [6.07, 6.45) is 6.82. The van der Waals surface area contributed by atoms with Crippen molar-refractivity contribution < 1.29 is 14.7 Å². The lowest BCUT2D eigenvalue weighted by Gasteiger charge is -2.33. The number of amides is 1. The number of carboxylic acids is 1. The van der Waals surface area contributed by atoms with E-state index in [1.807, 2.05) is 29.2 Å². The quantitative estimate of drug-likeness (QED) is 0.910. The van der Waals surface area contributed by atoms with Gasteiger partial charge in [-0.1, -0.05) is 18.2 Å². The zero-order chi connectivity index (χ0) is 17.6. The first-order valence-corrected chi connectivity index (χ1v) is 8.61. The molecule has 1 aliphatic heterocycles. The molecule has 5 nitrogen and oxygen atoms in total. The van der Waals surface area contributed by atoms with Crippen molar-refractivity contribution in [1.29, 1.82) is 0 Å². The van der Waals surface area contributed by atoms with Crippen LogP contribution in [-0.4, -0.2) is 40.0 Å². The second-order valence-corrected chi connectivity index (χ2v) is 6.59. The van der Waals surface area contributed by atoms with Crippen molar-refractivity contribution in [3.63, 3.8) is 0 Å². The Hall–Kier alpha value is -2.69. The van der Waals surface area contributed by atoms with Crippen LogP contribution >= 0.6 is 0 Å². The van der Waals surface area contributed by atoms with Gasteiger partial charge in [0.05, 0.1) is 12.0 Å². The first-order chi connectivity index (χ1) is 12.1. The number of carboxylic acid groups (broad SMARTS) is 1. The normalized spacial score (nSPS) is 17.3. The van der Waals surface area contributed by atoms with E-state index >= 15 is 0 Å². The van der Waals surface area contributed by atoms with Crippen molar-refractivity contribution >= 4 is 11.9 Å². The second-order valence-electron chi connectivity index (χ2n) is 6.59. The molecule has 3 rings (SSSR count). The fraction of sp³-hybridized carbons (Fsp3) is 0.350. The van der Waals surface area contributed by atoms with E-state index in [0.717, 1.165) is 43.5 Å². The number of pyridine rings is 1. The summed E-state index contributed by atoms with van der Waals surface area (Å²) in [5, 5.41) is 8.97. The van der Waals surface area contributed by atoms with E-state index in [-0.39, 0.29) is 5.91 Å². The number of rotatable bonds is 5. The predicted octanol–water partition coefficient (Wildman–Crippen LogP) is 2.80. The Labute approximate surface area is 147 Å². The molecule has 0 unspecified atom stereocenters. The molecule has 2 aromatic rings. The number of hydrogen-bond donors (Lipinski definition) is 1. The lowest BCUT2D eigenvalue weighted by Crippen LogP contribution is -2.41. The Balaban J connectivity index is 1.57.